The smallest absolute Gasteiger partial charge is 0.160 e. The number of benzene rings is 1. The van der Waals surface area contributed by atoms with Crippen LogP contribution >= 0.6 is 15.9 Å². The minimum atomic E-state index is 0.0151. The molecule has 0 bridgehead atoms. The highest BCUT2D eigenvalue weighted by Crippen LogP contribution is 2.33. The second kappa shape index (κ2) is 3.50. The van der Waals surface area contributed by atoms with Gasteiger partial charge in [-0.1, -0.05) is 0 Å². The van der Waals surface area contributed by atoms with Crippen molar-refractivity contribution in [3.63, 3.8) is 0 Å². The summed E-state index contributed by atoms with van der Waals surface area (Å²) in [7, 11) is 0. The Morgan fingerprint density at radius 1 is 1.46 bits per heavy atom. The molecule has 1 aromatic carbocycles. The number of Topliss-reactive ketones (excluding diaryl/α,β-unsaturated/α-hetero) is 1. The molecule has 0 atom stereocenters. The molecule has 0 saturated heterocycles. The first kappa shape index (κ1) is 10.3. The molecule has 0 unspecified atom stereocenters. The number of halogens is 1. The highest BCUT2D eigenvalue weighted by atomic mass is 79.9. The summed E-state index contributed by atoms with van der Waals surface area (Å²) in [4.78, 5) is 11.2. The SMILES string of the molecule is CC(=O)c1cc(C)c(O)c(Br)c1C. The van der Waals surface area contributed by atoms with Crippen LogP contribution in [-0.4, -0.2) is 10.9 Å². The molecule has 0 radical (unpaired) electrons. The third-order valence-corrected chi connectivity index (χ3v) is 3.03. The zero-order valence-electron chi connectivity index (χ0n) is 7.81. The minimum Gasteiger partial charge on any atom is -0.506 e. The van der Waals surface area contributed by atoms with Gasteiger partial charge in [-0.05, 0) is 53.9 Å². The topological polar surface area (TPSA) is 37.3 Å². The van der Waals surface area contributed by atoms with Crippen LogP contribution in [0.25, 0.3) is 0 Å². The number of ketones is 1. The molecule has 70 valence electrons. The van der Waals surface area contributed by atoms with Crippen LogP contribution < -0.4 is 0 Å². The Labute approximate surface area is 85.7 Å². The molecule has 3 heteroatoms. The van der Waals surface area contributed by atoms with Crippen LogP contribution in [0.5, 0.6) is 5.75 Å². The van der Waals surface area contributed by atoms with Gasteiger partial charge in [0.15, 0.2) is 5.78 Å². The molecule has 0 aliphatic heterocycles. The molecule has 2 nitrogen and oxygen atoms in total. The van der Waals surface area contributed by atoms with Gasteiger partial charge in [0.2, 0.25) is 0 Å². The average molecular weight is 243 g/mol. The fraction of sp³-hybridized carbons (Fsp3) is 0.300. The van der Waals surface area contributed by atoms with Crippen molar-refractivity contribution in [2.75, 3.05) is 0 Å². The second-order valence-electron chi connectivity index (χ2n) is 3.08. The Balaban J connectivity index is 3.50. The van der Waals surface area contributed by atoms with Crippen molar-refractivity contribution in [3.05, 3.63) is 27.2 Å². The molecular formula is C10H11BrO2. The molecule has 0 aliphatic rings. The number of rotatable bonds is 1. The van der Waals surface area contributed by atoms with Crippen LogP contribution in [-0.2, 0) is 0 Å². The van der Waals surface area contributed by atoms with E-state index in [9.17, 15) is 9.90 Å². The second-order valence-corrected chi connectivity index (χ2v) is 3.88. The average Bonchev–Trinajstić information content (AvgIpc) is 2.07. The fourth-order valence-electron chi connectivity index (χ4n) is 1.23. The monoisotopic (exact) mass is 242 g/mol. The predicted molar refractivity (Wildman–Crippen MR) is 55.3 cm³/mol. The number of phenolic OH excluding ortho intramolecular Hbond substituents is 1. The highest BCUT2D eigenvalue weighted by molar-refractivity contribution is 9.10. The lowest BCUT2D eigenvalue weighted by molar-refractivity contribution is 0.101. The van der Waals surface area contributed by atoms with Gasteiger partial charge >= 0.3 is 0 Å². The first-order valence-corrected chi connectivity index (χ1v) is 4.74. The summed E-state index contributed by atoms with van der Waals surface area (Å²) in [5.74, 6) is 0.226. The van der Waals surface area contributed by atoms with Crippen molar-refractivity contribution in [2.45, 2.75) is 20.8 Å². The lowest BCUT2D eigenvalue weighted by Gasteiger charge is -2.09. The summed E-state index contributed by atoms with van der Waals surface area (Å²) in [6.45, 7) is 5.09. The molecule has 1 rings (SSSR count). The fourth-order valence-corrected chi connectivity index (χ4v) is 1.75. The van der Waals surface area contributed by atoms with E-state index in [1.165, 1.54) is 6.92 Å². The van der Waals surface area contributed by atoms with Gasteiger partial charge in [0.1, 0.15) is 5.75 Å². The number of phenols is 1. The van der Waals surface area contributed by atoms with Crippen molar-refractivity contribution in [2.24, 2.45) is 0 Å². The Morgan fingerprint density at radius 3 is 2.46 bits per heavy atom. The maximum atomic E-state index is 11.2. The molecule has 0 amide bonds. The lowest BCUT2D eigenvalue weighted by Crippen LogP contribution is -1.98. The van der Waals surface area contributed by atoms with E-state index in [0.29, 0.717) is 15.6 Å². The molecule has 0 aromatic heterocycles. The molecular weight excluding hydrogens is 232 g/mol. The van der Waals surface area contributed by atoms with Crippen molar-refractivity contribution in [3.8, 4) is 5.75 Å². The van der Waals surface area contributed by atoms with Crippen molar-refractivity contribution >= 4 is 21.7 Å². The van der Waals surface area contributed by atoms with E-state index >= 15 is 0 Å². The number of hydrogen-bond acceptors (Lipinski definition) is 2. The van der Waals surface area contributed by atoms with Gasteiger partial charge in [-0.2, -0.15) is 0 Å². The Bertz CT molecular complexity index is 370. The Morgan fingerprint density at radius 2 is 2.00 bits per heavy atom. The standard InChI is InChI=1S/C10H11BrO2/c1-5-4-8(7(3)12)6(2)9(11)10(5)13/h4,13H,1-3H3. The molecule has 0 heterocycles. The van der Waals surface area contributed by atoms with Crippen molar-refractivity contribution < 1.29 is 9.90 Å². The van der Waals surface area contributed by atoms with Gasteiger partial charge in [-0.15, -0.1) is 0 Å². The highest BCUT2D eigenvalue weighted by Gasteiger charge is 2.12. The number of carbonyl (C=O) groups is 1. The number of carbonyl (C=O) groups excluding carboxylic acids is 1. The summed E-state index contributed by atoms with van der Waals surface area (Å²) in [5.41, 5.74) is 2.15. The van der Waals surface area contributed by atoms with Crippen LogP contribution in [0.15, 0.2) is 10.5 Å². The zero-order valence-corrected chi connectivity index (χ0v) is 9.40. The van der Waals surface area contributed by atoms with E-state index < -0.39 is 0 Å². The molecule has 0 spiro atoms. The molecule has 1 aromatic rings. The van der Waals surface area contributed by atoms with Crippen LogP contribution in [0.1, 0.15) is 28.4 Å². The summed E-state index contributed by atoms with van der Waals surface area (Å²) < 4.78 is 0.609. The summed E-state index contributed by atoms with van der Waals surface area (Å²) >= 11 is 3.25. The molecule has 1 N–H and O–H groups in total. The summed E-state index contributed by atoms with van der Waals surface area (Å²) in [6, 6.07) is 1.71. The van der Waals surface area contributed by atoms with Crippen LogP contribution in [0.4, 0.5) is 0 Å². The van der Waals surface area contributed by atoms with Crippen molar-refractivity contribution in [1.29, 1.82) is 0 Å². The maximum Gasteiger partial charge on any atom is 0.160 e. The van der Waals surface area contributed by atoms with Gasteiger partial charge in [0.05, 0.1) is 4.47 Å². The minimum absolute atomic E-state index is 0.0151. The van der Waals surface area contributed by atoms with E-state index in [2.05, 4.69) is 15.9 Å². The first-order valence-electron chi connectivity index (χ1n) is 3.94. The third kappa shape index (κ3) is 1.75. The Hall–Kier alpha value is -0.830. The van der Waals surface area contributed by atoms with Crippen LogP contribution in [0.3, 0.4) is 0 Å². The van der Waals surface area contributed by atoms with E-state index in [0.717, 1.165) is 5.56 Å². The first-order chi connectivity index (χ1) is 5.95. The summed E-state index contributed by atoms with van der Waals surface area (Å²) in [6.07, 6.45) is 0. The molecule has 0 aliphatic carbocycles. The van der Waals surface area contributed by atoms with E-state index in [-0.39, 0.29) is 11.5 Å². The summed E-state index contributed by atoms with van der Waals surface area (Å²) in [5, 5.41) is 9.54. The van der Waals surface area contributed by atoms with Gasteiger partial charge in [0.25, 0.3) is 0 Å². The van der Waals surface area contributed by atoms with Gasteiger partial charge in [0, 0.05) is 5.56 Å². The quantitative estimate of drug-likeness (QED) is 0.770. The van der Waals surface area contributed by atoms with Crippen LogP contribution in [0.2, 0.25) is 0 Å². The van der Waals surface area contributed by atoms with Gasteiger partial charge < -0.3 is 5.11 Å². The van der Waals surface area contributed by atoms with E-state index in [1.54, 1.807) is 19.9 Å². The predicted octanol–water partition coefficient (Wildman–Crippen LogP) is 2.97. The van der Waals surface area contributed by atoms with Gasteiger partial charge in [-0.25, -0.2) is 0 Å². The lowest BCUT2D eigenvalue weighted by atomic mass is 10.0. The largest absolute Gasteiger partial charge is 0.506 e. The maximum absolute atomic E-state index is 11.2. The van der Waals surface area contributed by atoms with Crippen LogP contribution in [0, 0.1) is 13.8 Å². The molecule has 0 fully saturated rings. The Kier molecular flexibility index (Phi) is 2.76. The number of hydrogen-bond donors (Lipinski definition) is 1. The third-order valence-electron chi connectivity index (χ3n) is 2.05. The normalized spacial score (nSPS) is 10.2. The number of aromatic hydroxyl groups is 1. The van der Waals surface area contributed by atoms with Crippen molar-refractivity contribution in [1.82, 2.24) is 0 Å². The van der Waals surface area contributed by atoms with E-state index in [1.807, 2.05) is 0 Å². The van der Waals surface area contributed by atoms with Gasteiger partial charge in [-0.3, -0.25) is 4.79 Å². The molecule has 0 saturated carbocycles. The molecule has 13 heavy (non-hydrogen) atoms. The van der Waals surface area contributed by atoms with E-state index in [4.69, 9.17) is 0 Å². The zero-order chi connectivity index (χ0) is 10.2. The number of aryl methyl sites for hydroxylation is 1.